The lowest BCUT2D eigenvalue weighted by atomic mass is 10.0. The van der Waals surface area contributed by atoms with E-state index in [0.717, 1.165) is 67.0 Å². The number of nitrogens with one attached hydrogen (secondary N) is 2. The molecule has 1 aliphatic heterocycles. The number of nitrogens with zero attached hydrogens (tertiary/aromatic N) is 1. The van der Waals surface area contributed by atoms with Crippen LogP contribution in [0.4, 0.5) is 11.4 Å². The van der Waals surface area contributed by atoms with Gasteiger partial charge in [0.1, 0.15) is 0 Å². The van der Waals surface area contributed by atoms with Crippen molar-refractivity contribution in [1.29, 1.82) is 0 Å². The van der Waals surface area contributed by atoms with E-state index >= 15 is 0 Å². The Kier molecular flexibility index (Phi) is 6.04. The molecule has 3 rings (SSSR count). The van der Waals surface area contributed by atoms with Crippen molar-refractivity contribution in [2.45, 2.75) is 39.0 Å². The summed E-state index contributed by atoms with van der Waals surface area (Å²) in [5.41, 5.74) is 2.77. The fourth-order valence-corrected chi connectivity index (χ4v) is 3.80. The number of ether oxygens (including phenoxy) is 1. The lowest BCUT2D eigenvalue weighted by molar-refractivity contribution is -0.116. The monoisotopic (exact) mass is 347 g/mol. The van der Waals surface area contributed by atoms with E-state index in [0.29, 0.717) is 12.3 Å². The Morgan fingerprint density at radius 3 is 3.04 bits per heavy atom. The Bertz CT molecular complexity index is 680. The lowest BCUT2D eigenvalue weighted by Crippen LogP contribution is -2.23. The zero-order chi connectivity index (χ0) is 16.8. The highest BCUT2D eigenvalue weighted by molar-refractivity contribution is 7.17. The zero-order valence-corrected chi connectivity index (χ0v) is 15.0. The van der Waals surface area contributed by atoms with Gasteiger partial charge in [-0.2, -0.15) is 0 Å². The van der Waals surface area contributed by atoms with Crippen molar-refractivity contribution < 1.29 is 9.53 Å². The number of hydrogen-bond donors (Lipinski definition) is 2. The SMILES string of the molecule is CCCCC(=O)Nc1cnc2ccsc2c1NCC1CCOCC1. The van der Waals surface area contributed by atoms with Gasteiger partial charge in [0, 0.05) is 26.2 Å². The molecule has 0 spiro atoms. The third kappa shape index (κ3) is 4.24. The van der Waals surface area contributed by atoms with E-state index in [-0.39, 0.29) is 5.91 Å². The molecule has 0 saturated carbocycles. The summed E-state index contributed by atoms with van der Waals surface area (Å²) in [6.07, 6.45) is 6.42. The molecule has 2 aromatic heterocycles. The van der Waals surface area contributed by atoms with Crippen LogP contribution in [0, 0.1) is 5.92 Å². The second kappa shape index (κ2) is 8.44. The number of fused-ring (bicyclic) bond motifs is 1. The molecular weight excluding hydrogens is 322 g/mol. The highest BCUT2D eigenvalue weighted by Gasteiger charge is 2.17. The molecule has 3 heterocycles. The van der Waals surface area contributed by atoms with E-state index in [4.69, 9.17) is 4.74 Å². The van der Waals surface area contributed by atoms with Crippen LogP contribution < -0.4 is 10.6 Å². The summed E-state index contributed by atoms with van der Waals surface area (Å²) < 4.78 is 6.54. The predicted octanol–water partition coefficient (Wildman–Crippen LogP) is 4.26. The van der Waals surface area contributed by atoms with Crippen molar-refractivity contribution in [2.75, 3.05) is 30.4 Å². The number of carbonyl (C=O) groups excluding carboxylic acids is 1. The Balaban J connectivity index is 1.75. The maximum absolute atomic E-state index is 12.1. The van der Waals surface area contributed by atoms with E-state index < -0.39 is 0 Å². The second-order valence-electron chi connectivity index (χ2n) is 6.27. The Labute approximate surface area is 146 Å². The Hall–Kier alpha value is -1.66. The molecule has 0 aromatic carbocycles. The van der Waals surface area contributed by atoms with E-state index in [9.17, 15) is 4.79 Å². The number of hydrogen-bond acceptors (Lipinski definition) is 5. The molecule has 2 N–H and O–H groups in total. The first-order valence-electron chi connectivity index (χ1n) is 8.75. The van der Waals surface area contributed by atoms with Crippen molar-refractivity contribution in [2.24, 2.45) is 5.92 Å². The summed E-state index contributed by atoms with van der Waals surface area (Å²) in [5.74, 6) is 0.675. The topological polar surface area (TPSA) is 63.2 Å². The summed E-state index contributed by atoms with van der Waals surface area (Å²) >= 11 is 1.66. The Morgan fingerprint density at radius 1 is 1.42 bits per heavy atom. The van der Waals surface area contributed by atoms with Gasteiger partial charge in [0.15, 0.2) is 0 Å². The van der Waals surface area contributed by atoms with E-state index in [2.05, 4.69) is 22.5 Å². The number of pyridine rings is 1. The highest BCUT2D eigenvalue weighted by atomic mass is 32.1. The average Bonchev–Trinajstić information content (AvgIpc) is 3.08. The summed E-state index contributed by atoms with van der Waals surface area (Å²) in [4.78, 5) is 16.6. The smallest absolute Gasteiger partial charge is 0.224 e. The maximum Gasteiger partial charge on any atom is 0.224 e. The van der Waals surface area contributed by atoms with Crippen LogP contribution in [0.25, 0.3) is 10.2 Å². The molecular formula is C18H25N3O2S. The molecule has 0 radical (unpaired) electrons. The molecule has 2 aromatic rings. The molecule has 6 heteroatoms. The number of unbranched alkanes of at least 4 members (excludes halogenated alkanes) is 1. The molecule has 130 valence electrons. The number of thiophene rings is 1. The number of carbonyl (C=O) groups is 1. The minimum atomic E-state index is 0.0590. The average molecular weight is 347 g/mol. The van der Waals surface area contributed by atoms with Crippen LogP contribution in [0.2, 0.25) is 0 Å². The first-order chi connectivity index (χ1) is 11.8. The number of amides is 1. The van der Waals surface area contributed by atoms with Crippen molar-refractivity contribution in [3.05, 3.63) is 17.6 Å². The summed E-state index contributed by atoms with van der Waals surface area (Å²) in [6, 6.07) is 2.02. The molecule has 24 heavy (non-hydrogen) atoms. The van der Waals surface area contributed by atoms with Crippen LogP contribution in [-0.2, 0) is 9.53 Å². The molecule has 1 fully saturated rings. The Morgan fingerprint density at radius 2 is 2.25 bits per heavy atom. The third-order valence-electron chi connectivity index (χ3n) is 4.41. The van der Waals surface area contributed by atoms with Gasteiger partial charge in [-0.15, -0.1) is 11.3 Å². The van der Waals surface area contributed by atoms with E-state index in [1.54, 1.807) is 17.5 Å². The van der Waals surface area contributed by atoms with Gasteiger partial charge >= 0.3 is 0 Å². The molecule has 0 atom stereocenters. The van der Waals surface area contributed by atoms with E-state index in [1.165, 1.54) is 0 Å². The maximum atomic E-state index is 12.1. The number of rotatable bonds is 7. The van der Waals surface area contributed by atoms with Crippen LogP contribution in [0.3, 0.4) is 0 Å². The fraction of sp³-hybridized carbons (Fsp3) is 0.556. The largest absolute Gasteiger partial charge is 0.382 e. The minimum absolute atomic E-state index is 0.0590. The van der Waals surface area contributed by atoms with Gasteiger partial charge in [-0.1, -0.05) is 13.3 Å². The summed E-state index contributed by atoms with van der Waals surface area (Å²) in [5, 5.41) is 8.65. The summed E-state index contributed by atoms with van der Waals surface area (Å²) in [7, 11) is 0. The third-order valence-corrected chi connectivity index (χ3v) is 5.33. The molecule has 0 aliphatic carbocycles. The van der Waals surface area contributed by atoms with Gasteiger partial charge in [0.2, 0.25) is 5.91 Å². The van der Waals surface area contributed by atoms with Gasteiger partial charge in [-0.3, -0.25) is 9.78 Å². The van der Waals surface area contributed by atoms with Crippen LogP contribution in [0.15, 0.2) is 17.6 Å². The van der Waals surface area contributed by atoms with Crippen molar-refractivity contribution in [3.8, 4) is 0 Å². The fourth-order valence-electron chi connectivity index (χ4n) is 2.93. The molecule has 0 unspecified atom stereocenters. The molecule has 5 nitrogen and oxygen atoms in total. The first-order valence-corrected chi connectivity index (χ1v) is 9.63. The van der Waals surface area contributed by atoms with Gasteiger partial charge in [-0.25, -0.2) is 0 Å². The number of anilines is 2. The molecule has 1 saturated heterocycles. The van der Waals surface area contributed by atoms with Crippen LogP contribution >= 0.6 is 11.3 Å². The van der Waals surface area contributed by atoms with Gasteiger partial charge < -0.3 is 15.4 Å². The van der Waals surface area contributed by atoms with Crippen molar-refractivity contribution >= 4 is 38.8 Å². The lowest BCUT2D eigenvalue weighted by Gasteiger charge is -2.23. The second-order valence-corrected chi connectivity index (χ2v) is 7.19. The van der Waals surface area contributed by atoms with Gasteiger partial charge in [-0.05, 0) is 36.6 Å². The normalized spacial score (nSPS) is 15.5. The van der Waals surface area contributed by atoms with Crippen molar-refractivity contribution in [3.63, 3.8) is 0 Å². The summed E-state index contributed by atoms with van der Waals surface area (Å²) in [6.45, 7) is 4.68. The quantitative estimate of drug-likeness (QED) is 0.785. The predicted molar refractivity (Wildman–Crippen MR) is 99.8 cm³/mol. The van der Waals surface area contributed by atoms with E-state index in [1.807, 2.05) is 11.4 Å². The standard InChI is InChI=1S/C18H25N3O2S/c1-2-3-4-16(22)21-15-12-19-14-7-10-24-18(14)17(15)20-11-13-5-8-23-9-6-13/h7,10,12-13H,2-6,8-9,11H2,1H3,(H,19,20)(H,21,22). The minimum Gasteiger partial charge on any atom is -0.382 e. The van der Waals surface area contributed by atoms with Crippen molar-refractivity contribution in [1.82, 2.24) is 4.98 Å². The van der Waals surface area contributed by atoms with Gasteiger partial charge in [0.05, 0.1) is 27.8 Å². The highest BCUT2D eigenvalue weighted by Crippen LogP contribution is 2.34. The number of aromatic nitrogens is 1. The molecule has 1 amide bonds. The first kappa shape index (κ1) is 17.2. The zero-order valence-electron chi connectivity index (χ0n) is 14.1. The van der Waals surface area contributed by atoms with Crippen LogP contribution in [-0.4, -0.2) is 30.6 Å². The van der Waals surface area contributed by atoms with Crippen LogP contribution in [0.5, 0.6) is 0 Å². The van der Waals surface area contributed by atoms with Gasteiger partial charge in [0.25, 0.3) is 0 Å². The molecule has 0 bridgehead atoms. The van der Waals surface area contributed by atoms with Crippen LogP contribution in [0.1, 0.15) is 39.0 Å². The molecule has 1 aliphatic rings.